The van der Waals surface area contributed by atoms with E-state index in [4.69, 9.17) is 14.2 Å². The minimum absolute atomic E-state index is 0.0212. The van der Waals surface area contributed by atoms with E-state index in [1.54, 1.807) is 6.92 Å². The summed E-state index contributed by atoms with van der Waals surface area (Å²) in [5, 5.41) is 0. The molecule has 6 nitrogen and oxygen atoms in total. The molecule has 0 spiro atoms. The molecule has 0 unspecified atom stereocenters. The van der Waals surface area contributed by atoms with Crippen molar-refractivity contribution in [2.24, 2.45) is 17.3 Å². The predicted molar refractivity (Wildman–Crippen MR) is 126 cm³/mol. The summed E-state index contributed by atoms with van der Waals surface area (Å²) in [6.45, 7) is 4.81. The fraction of sp³-hybridized carbons (Fsp3) is 0.704. The van der Waals surface area contributed by atoms with Crippen molar-refractivity contribution in [3.05, 3.63) is 12.7 Å². The summed E-state index contributed by atoms with van der Waals surface area (Å²) in [6.07, 6.45) is -7.97. The Morgan fingerprint density at radius 3 is 1.82 bits per heavy atom. The van der Waals surface area contributed by atoms with Gasteiger partial charge in [0.2, 0.25) is 0 Å². The van der Waals surface area contributed by atoms with Crippen LogP contribution in [-0.4, -0.2) is 49.7 Å². The van der Waals surface area contributed by atoms with Gasteiger partial charge in [0, 0.05) is 24.3 Å². The van der Waals surface area contributed by atoms with E-state index in [2.05, 4.69) is 29.3 Å². The van der Waals surface area contributed by atoms with Crippen LogP contribution in [0.1, 0.15) is 64.7 Å². The van der Waals surface area contributed by atoms with Crippen molar-refractivity contribution in [2.75, 3.05) is 13.2 Å². The van der Waals surface area contributed by atoms with Gasteiger partial charge in [-0.15, -0.1) is 0 Å². The molecule has 2 rings (SSSR count). The maximum atomic E-state index is 14.5. The maximum absolute atomic E-state index is 14.5. The Bertz CT molecular complexity index is 938. The number of hydrogen-bond acceptors (Lipinski definition) is 6. The van der Waals surface area contributed by atoms with Gasteiger partial charge in [-0.25, -0.2) is 4.79 Å². The van der Waals surface area contributed by atoms with E-state index in [1.807, 2.05) is 6.11 Å². The smallest absolute Gasteiger partial charge is 0.403 e. The molecular formula is C27H32F6O6. The van der Waals surface area contributed by atoms with Gasteiger partial charge in [0.25, 0.3) is 0 Å². The van der Waals surface area contributed by atoms with Crippen molar-refractivity contribution >= 4 is 11.9 Å². The predicted octanol–water partition coefficient (Wildman–Crippen LogP) is 5.85. The van der Waals surface area contributed by atoms with Crippen molar-refractivity contribution < 1.29 is 54.9 Å². The van der Waals surface area contributed by atoms with Crippen LogP contribution >= 0.6 is 0 Å². The normalized spacial score (nSPS) is 23.8. The third-order valence-corrected chi connectivity index (χ3v) is 7.27. The van der Waals surface area contributed by atoms with Crippen LogP contribution in [0.5, 0.6) is 0 Å². The van der Waals surface area contributed by atoms with Crippen molar-refractivity contribution in [1.29, 1.82) is 0 Å². The molecular weight excluding hydrogens is 534 g/mol. The van der Waals surface area contributed by atoms with Gasteiger partial charge in [0.05, 0.1) is 12.7 Å². The Labute approximate surface area is 223 Å². The van der Waals surface area contributed by atoms with Gasteiger partial charge in [-0.05, 0) is 63.2 Å². The zero-order chi connectivity index (χ0) is 29.1. The highest BCUT2D eigenvalue weighted by Crippen LogP contribution is 2.64. The van der Waals surface area contributed by atoms with Gasteiger partial charge in [-0.2, -0.15) is 26.3 Å². The quantitative estimate of drug-likeness (QED) is 0.115. The number of ether oxygens (including phenoxy) is 4. The molecule has 12 heteroatoms. The number of carbonyl (C=O) groups excluding carboxylic acids is 2. The molecule has 0 aliphatic heterocycles. The second-order valence-electron chi connectivity index (χ2n) is 9.45. The molecule has 0 aromatic carbocycles. The summed E-state index contributed by atoms with van der Waals surface area (Å²) in [5.41, 5.74) is -3.83. The fourth-order valence-corrected chi connectivity index (χ4v) is 5.49. The Kier molecular flexibility index (Phi) is 12.0. The molecule has 218 valence electrons. The molecule has 2 saturated carbocycles. The van der Waals surface area contributed by atoms with Crippen LogP contribution in [-0.2, 0) is 28.5 Å². The molecule has 0 saturated heterocycles. The molecule has 0 atom stereocenters. The highest BCUT2D eigenvalue weighted by atomic mass is 19.4. The molecule has 39 heavy (non-hydrogen) atoms. The molecule has 2 aliphatic carbocycles. The molecule has 0 N–H and O–H groups in total. The van der Waals surface area contributed by atoms with Crippen LogP contribution in [0.15, 0.2) is 12.7 Å². The number of alkyl halides is 6. The largest absolute Gasteiger partial charge is 0.463 e. The lowest BCUT2D eigenvalue weighted by Crippen LogP contribution is -2.60. The van der Waals surface area contributed by atoms with Gasteiger partial charge in [-0.3, -0.25) is 4.79 Å². The molecule has 0 bridgehead atoms. The van der Waals surface area contributed by atoms with Crippen LogP contribution in [0.4, 0.5) is 26.3 Å². The Morgan fingerprint density at radius 2 is 1.33 bits per heavy atom. The Hall–Kier alpha value is -2.86. The van der Waals surface area contributed by atoms with Crippen LogP contribution in [0.3, 0.4) is 0 Å². The highest BCUT2D eigenvalue weighted by molar-refractivity contribution is 5.82. The molecule has 0 amide bonds. The second kappa shape index (κ2) is 14.5. The van der Waals surface area contributed by atoms with Gasteiger partial charge < -0.3 is 18.9 Å². The van der Waals surface area contributed by atoms with Crippen molar-refractivity contribution in [2.45, 2.75) is 89.3 Å². The summed E-state index contributed by atoms with van der Waals surface area (Å²) in [6, 6.07) is 0. The van der Waals surface area contributed by atoms with E-state index >= 15 is 0 Å². The minimum Gasteiger partial charge on any atom is -0.463 e. The maximum Gasteiger partial charge on any atom is 0.403 e. The lowest BCUT2D eigenvalue weighted by Gasteiger charge is -2.51. The molecule has 0 aromatic rings. The number of halogens is 6. The van der Waals surface area contributed by atoms with E-state index in [0.717, 1.165) is 6.08 Å². The Morgan fingerprint density at radius 1 is 0.821 bits per heavy atom. The van der Waals surface area contributed by atoms with Gasteiger partial charge in [0.15, 0.2) is 5.41 Å². The molecule has 0 heterocycles. The first-order valence-corrected chi connectivity index (χ1v) is 12.8. The van der Waals surface area contributed by atoms with Gasteiger partial charge in [0.1, 0.15) is 24.9 Å². The fourth-order valence-electron chi connectivity index (χ4n) is 5.49. The van der Waals surface area contributed by atoms with Crippen molar-refractivity contribution in [1.82, 2.24) is 0 Å². The van der Waals surface area contributed by atoms with Crippen molar-refractivity contribution in [3.63, 3.8) is 0 Å². The highest BCUT2D eigenvalue weighted by Gasteiger charge is 2.76. The summed E-state index contributed by atoms with van der Waals surface area (Å²) in [7, 11) is 0. The Balaban J connectivity index is 2.04. The van der Waals surface area contributed by atoms with Crippen LogP contribution in [0.2, 0.25) is 0 Å². The summed E-state index contributed by atoms with van der Waals surface area (Å²) < 4.78 is 107. The molecule has 0 radical (unpaired) electrons. The standard InChI is InChI=1S/C27H32F6O6/c1-3-23(34)38-16-6-5-15-36-21-11-7-19(8-12-21)25(26(28,29)30,27(31,32)33)20-9-13-22(14-10-20)37-17-18-39-24(35)4-2/h3,19-22H,1,4,7-14,17-18H2,2H3. The molecule has 2 fully saturated rings. The van der Waals surface area contributed by atoms with Crippen LogP contribution in [0, 0.1) is 41.3 Å². The summed E-state index contributed by atoms with van der Waals surface area (Å²) >= 11 is 0. The zero-order valence-corrected chi connectivity index (χ0v) is 21.6. The SMILES string of the molecule is C=CC(=O)OC#CC#COC1CCC(C(C2CCC(OCCOC(=O)CC)CC2)(C(F)(F)F)C(F)(F)F)CC1. The van der Waals surface area contributed by atoms with Gasteiger partial charge >= 0.3 is 24.3 Å². The number of carbonyl (C=O) groups is 2. The third-order valence-electron chi connectivity index (χ3n) is 7.27. The van der Waals surface area contributed by atoms with Crippen LogP contribution in [0.25, 0.3) is 0 Å². The average Bonchev–Trinajstić information content (AvgIpc) is 2.88. The van der Waals surface area contributed by atoms with E-state index in [1.165, 1.54) is 0 Å². The van der Waals surface area contributed by atoms with E-state index in [9.17, 15) is 35.9 Å². The van der Waals surface area contributed by atoms with E-state index in [-0.39, 0.29) is 71.0 Å². The first-order chi connectivity index (χ1) is 18.4. The topological polar surface area (TPSA) is 71.1 Å². The number of hydrogen-bond donors (Lipinski definition) is 0. The second-order valence-corrected chi connectivity index (χ2v) is 9.45. The summed E-state index contributed by atoms with van der Waals surface area (Å²) in [5.74, 6) is -0.0688. The van der Waals surface area contributed by atoms with E-state index in [0.29, 0.717) is 0 Å². The number of rotatable bonds is 9. The van der Waals surface area contributed by atoms with Crippen LogP contribution < -0.4 is 0 Å². The summed E-state index contributed by atoms with van der Waals surface area (Å²) in [4.78, 5) is 22.0. The third kappa shape index (κ3) is 8.56. The van der Waals surface area contributed by atoms with E-state index < -0.39 is 53.7 Å². The molecule has 2 aliphatic rings. The lowest BCUT2D eigenvalue weighted by atomic mass is 9.57. The number of esters is 2. The first-order valence-electron chi connectivity index (χ1n) is 12.8. The lowest BCUT2D eigenvalue weighted by molar-refractivity contribution is -0.383. The molecule has 0 aromatic heterocycles. The first kappa shape index (κ1) is 32.4. The zero-order valence-electron chi connectivity index (χ0n) is 21.6. The van der Waals surface area contributed by atoms with Gasteiger partial charge in [-0.1, -0.05) is 13.5 Å². The monoisotopic (exact) mass is 566 g/mol. The minimum atomic E-state index is -5.49. The van der Waals surface area contributed by atoms with Crippen molar-refractivity contribution in [3.8, 4) is 24.1 Å². The average molecular weight is 567 g/mol.